The van der Waals surface area contributed by atoms with Gasteiger partial charge in [-0.25, -0.2) is 8.78 Å². The molecule has 31 heavy (non-hydrogen) atoms. The second-order valence-electron chi connectivity index (χ2n) is 8.84. The minimum absolute atomic E-state index is 0.00471. The highest BCUT2D eigenvalue weighted by Gasteiger charge is 2.47. The summed E-state index contributed by atoms with van der Waals surface area (Å²) < 4.78 is 30.1. The Labute approximate surface area is 176 Å². The van der Waals surface area contributed by atoms with Crippen LogP contribution in [0.4, 0.5) is 14.5 Å². The van der Waals surface area contributed by atoms with Crippen LogP contribution in [0, 0.1) is 5.82 Å². The predicted molar refractivity (Wildman–Crippen MR) is 105 cm³/mol. The normalized spacial score (nSPS) is 32.3. The minimum Gasteiger partial charge on any atom is -0.379 e. The molecule has 5 rings (SSSR count). The monoisotopic (exact) mass is 432 g/mol. The molecule has 0 saturated carbocycles. The maximum atomic E-state index is 15.4. The van der Waals surface area contributed by atoms with Crippen molar-refractivity contribution in [3.8, 4) is 0 Å². The molecule has 4 aliphatic rings. The summed E-state index contributed by atoms with van der Waals surface area (Å²) in [4.78, 5) is 50.3. The van der Waals surface area contributed by atoms with Gasteiger partial charge in [-0.15, -0.1) is 0 Å². The van der Waals surface area contributed by atoms with E-state index in [-0.39, 0.29) is 48.3 Å². The molecular weight excluding hydrogens is 410 g/mol. The maximum absolute atomic E-state index is 15.4. The molecule has 3 unspecified atom stereocenters. The number of amides is 4. The molecular formula is C21H22F2N4O4. The van der Waals surface area contributed by atoms with Crippen molar-refractivity contribution in [2.24, 2.45) is 0 Å². The number of halogens is 2. The number of nitrogens with one attached hydrogen (secondary N) is 3. The van der Waals surface area contributed by atoms with E-state index in [4.69, 9.17) is 0 Å². The van der Waals surface area contributed by atoms with Crippen molar-refractivity contribution in [1.82, 2.24) is 15.5 Å². The molecule has 10 heteroatoms. The van der Waals surface area contributed by atoms with E-state index in [1.54, 1.807) is 0 Å². The van der Waals surface area contributed by atoms with E-state index < -0.39 is 41.2 Å². The number of hydrogen-bond donors (Lipinski definition) is 3. The Hall–Kier alpha value is -2.88. The molecule has 0 aromatic heterocycles. The van der Waals surface area contributed by atoms with Gasteiger partial charge in [0.1, 0.15) is 17.5 Å². The summed E-state index contributed by atoms with van der Waals surface area (Å²) in [7, 11) is 0. The van der Waals surface area contributed by atoms with Gasteiger partial charge in [-0.05, 0) is 44.2 Å². The van der Waals surface area contributed by atoms with Crippen LogP contribution in [0.15, 0.2) is 12.1 Å². The number of nitrogens with zero attached hydrogens (tertiary/aromatic N) is 1. The molecule has 1 aromatic carbocycles. The number of alkyl halides is 1. The Balaban J connectivity index is 1.41. The number of rotatable bonds is 4. The zero-order valence-corrected chi connectivity index (χ0v) is 16.7. The van der Waals surface area contributed by atoms with Gasteiger partial charge in [-0.1, -0.05) is 0 Å². The summed E-state index contributed by atoms with van der Waals surface area (Å²) in [6.45, 7) is -0.186. The molecule has 0 radical (unpaired) electrons. The SMILES string of the molecule is O=C1CCC(N2C(=O)c3ccc(F)c(NCC4(F)CC5CCC(C4)N5)c3C2=O)C(=O)N1. The third-order valence-electron chi connectivity index (χ3n) is 6.70. The molecule has 0 spiro atoms. The number of anilines is 1. The maximum Gasteiger partial charge on any atom is 0.264 e. The molecule has 4 amide bonds. The molecule has 3 atom stereocenters. The number of imide groups is 2. The lowest BCUT2D eigenvalue weighted by atomic mass is 9.89. The zero-order chi connectivity index (χ0) is 21.9. The van der Waals surface area contributed by atoms with Gasteiger partial charge in [0.15, 0.2) is 0 Å². The molecule has 8 nitrogen and oxygen atoms in total. The minimum atomic E-state index is -1.55. The van der Waals surface area contributed by atoms with Crippen LogP contribution in [0.25, 0.3) is 0 Å². The van der Waals surface area contributed by atoms with Crippen molar-refractivity contribution >= 4 is 29.3 Å². The van der Waals surface area contributed by atoms with Crippen LogP contribution in [0.3, 0.4) is 0 Å². The standard InChI is InChI=1S/C21H22F2N4O4/c22-13-4-3-12-16(17(13)24-9-21(23)7-10-1-2-11(8-21)25-10)20(31)27(19(12)30)14-5-6-15(28)26-18(14)29/h3-4,10-11,14,24-25H,1-2,5-9H2,(H,26,28,29). The van der Waals surface area contributed by atoms with Crippen LogP contribution in [0.2, 0.25) is 0 Å². The van der Waals surface area contributed by atoms with E-state index in [2.05, 4.69) is 16.0 Å². The lowest BCUT2D eigenvalue weighted by Crippen LogP contribution is -2.54. The van der Waals surface area contributed by atoms with Crippen LogP contribution >= 0.6 is 0 Å². The number of hydrogen-bond acceptors (Lipinski definition) is 6. The first-order valence-electron chi connectivity index (χ1n) is 10.5. The topological polar surface area (TPSA) is 108 Å². The van der Waals surface area contributed by atoms with Crippen LogP contribution < -0.4 is 16.0 Å². The Kier molecular flexibility index (Phi) is 4.58. The predicted octanol–water partition coefficient (Wildman–Crippen LogP) is 1.26. The smallest absolute Gasteiger partial charge is 0.264 e. The largest absolute Gasteiger partial charge is 0.379 e. The zero-order valence-electron chi connectivity index (χ0n) is 16.7. The van der Waals surface area contributed by atoms with Gasteiger partial charge in [0, 0.05) is 25.0 Å². The Bertz CT molecular complexity index is 1000. The number of carbonyl (C=O) groups is 4. The first-order chi connectivity index (χ1) is 14.8. The van der Waals surface area contributed by atoms with E-state index in [1.807, 2.05) is 0 Å². The highest BCUT2D eigenvalue weighted by atomic mass is 19.1. The lowest BCUT2D eigenvalue weighted by molar-refractivity contribution is -0.136. The molecule has 4 aliphatic heterocycles. The Morgan fingerprint density at radius 1 is 1.06 bits per heavy atom. The van der Waals surface area contributed by atoms with E-state index in [0.29, 0.717) is 12.8 Å². The first kappa shape index (κ1) is 20.0. The summed E-state index contributed by atoms with van der Waals surface area (Å²) in [5.41, 5.74) is -2.03. The second kappa shape index (κ2) is 7.08. The number of carbonyl (C=O) groups excluding carboxylic acids is 4. The van der Waals surface area contributed by atoms with Gasteiger partial charge >= 0.3 is 0 Å². The fourth-order valence-corrected chi connectivity index (χ4v) is 5.29. The average molecular weight is 432 g/mol. The summed E-state index contributed by atoms with van der Waals surface area (Å²) in [6.07, 6.45) is 2.39. The van der Waals surface area contributed by atoms with Crippen molar-refractivity contribution < 1.29 is 28.0 Å². The number of piperidine rings is 2. The van der Waals surface area contributed by atoms with Crippen LogP contribution in [0.1, 0.15) is 59.2 Å². The van der Waals surface area contributed by atoms with Crippen LogP contribution in [-0.2, 0) is 9.59 Å². The van der Waals surface area contributed by atoms with Crippen LogP contribution in [-0.4, -0.2) is 58.9 Å². The first-order valence-corrected chi connectivity index (χ1v) is 10.5. The summed E-state index contributed by atoms with van der Waals surface area (Å²) in [5, 5.41) is 8.22. The van der Waals surface area contributed by atoms with Gasteiger partial charge in [0.25, 0.3) is 11.8 Å². The van der Waals surface area contributed by atoms with Gasteiger partial charge in [-0.3, -0.25) is 29.4 Å². The summed E-state index contributed by atoms with van der Waals surface area (Å²) in [6, 6.07) is 1.27. The highest BCUT2D eigenvalue weighted by Crippen LogP contribution is 2.39. The molecule has 3 N–H and O–H groups in total. The van der Waals surface area contributed by atoms with Crippen molar-refractivity contribution in [3.63, 3.8) is 0 Å². The average Bonchev–Trinajstić information content (AvgIpc) is 3.18. The van der Waals surface area contributed by atoms with Crippen molar-refractivity contribution in [1.29, 1.82) is 0 Å². The van der Waals surface area contributed by atoms with E-state index in [9.17, 15) is 23.6 Å². The highest BCUT2D eigenvalue weighted by molar-refractivity contribution is 6.25. The molecule has 1 aromatic rings. The van der Waals surface area contributed by atoms with Gasteiger partial charge in [0.2, 0.25) is 11.8 Å². The van der Waals surface area contributed by atoms with E-state index in [1.165, 1.54) is 6.07 Å². The van der Waals surface area contributed by atoms with E-state index in [0.717, 1.165) is 23.8 Å². The van der Waals surface area contributed by atoms with Gasteiger partial charge < -0.3 is 10.6 Å². The van der Waals surface area contributed by atoms with Gasteiger partial charge in [-0.2, -0.15) is 0 Å². The molecule has 3 fully saturated rings. The van der Waals surface area contributed by atoms with Gasteiger partial charge in [0.05, 0.1) is 16.8 Å². The third kappa shape index (κ3) is 3.29. The molecule has 0 aliphatic carbocycles. The quantitative estimate of drug-likeness (QED) is 0.619. The fourth-order valence-electron chi connectivity index (χ4n) is 5.29. The lowest BCUT2D eigenvalue weighted by Gasteiger charge is -2.35. The number of fused-ring (bicyclic) bond motifs is 3. The van der Waals surface area contributed by atoms with Crippen molar-refractivity contribution in [3.05, 3.63) is 29.1 Å². The molecule has 164 valence electrons. The molecule has 4 heterocycles. The molecule has 2 bridgehead atoms. The number of benzene rings is 1. The Morgan fingerprint density at radius 3 is 2.45 bits per heavy atom. The summed E-state index contributed by atoms with van der Waals surface area (Å²) >= 11 is 0. The van der Waals surface area contributed by atoms with Crippen molar-refractivity contribution in [2.75, 3.05) is 11.9 Å². The third-order valence-corrected chi connectivity index (χ3v) is 6.70. The Morgan fingerprint density at radius 2 is 1.77 bits per heavy atom. The summed E-state index contributed by atoms with van der Waals surface area (Å²) in [5.74, 6) is -3.54. The second-order valence-corrected chi connectivity index (χ2v) is 8.84. The van der Waals surface area contributed by atoms with Crippen molar-refractivity contribution in [2.45, 2.75) is 62.3 Å². The molecule has 3 saturated heterocycles. The van der Waals surface area contributed by atoms with Crippen LogP contribution in [0.5, 0.6) is 0 Å². The van der Waals surface area contributed by atoms with E-state index >= 15 is 4.39 Å². The fraction of sp³-hybridized carbons (Fsp3) is 0.524.